The lowest BCUT2D eigenvalue weighted by Gasteiger charge is -2.35. The first kappa shape index (κ1) is 15.7. The molecule has 0 spiro atoms. The van der Waals surface area contributed by atoms with Crippen molar-refractivity contribution in [3.8, 4) is 0 Å². The van der Waals surface area contributed by atoms with Gasteiger partial charge < -0.3 is 9.84 Å². The van der Waals surface area contributed by atoms with Crippen LogP contribution in [0.4, 0.5) is 0 Å². The predicted octanol–water partition coefficient (Wildman–Crippen LogP) is 2.96. The number of hydrogen-bond donors (Lipinski definition) is 1. The molecular weight excluding hydrogens is 240 g/mol. The molecule has 2 atom stereocenters. The molecular formula is C16H24O3. The molecule has 0 aliphatic carbocycles. The van der Waals surface area contributed by atoms with Crippen LogP contribution in [0.1, 0.15) is 37.5 Å². The van der Waals surface area contributed by atoms with Crippen LogP contribution in [0.15, 0.2) is 18.2 Å². The van der Waals surface area contributed by atoms with Gasteiger partial charge >= 0.3 is 5.97 Å². The molecule has 1 aromatic rings. The number of esters is 1. The Labute approximate surface area is 115 Å². The lowest BCUT2D eigenvalue weighted by molar-refractivity contribution is -0.159. The molecule has 0 bridgehead atoms. The van der Waals surface area contributed by atoms with E-state index in [1.807, 2.05) is 45.9 Å². The molecule has 2 unspecified atom stereocenters. The molecule has 0 heterocycles. The van der Waals surface area contributed by atoms with E-state index < -0.39 is 11.5 Å². The fourth-order valence-electron chi connectivity index (χ4n) is 2.83. The minimum atomic E-state index is -1.24. The number of aryl methyl sites for hydroxylation is 2. The molecule has 0 fully saturated rings. The molecule has 0 radical (unpaired) electrons. The number of ether oxygens (including phenoxy) is 1. The maximum atomic E-state index is 12.0. The summed E-state index contributed by atoms with van der Waals surface area (Å²) >= 11 is 0. The first-order chi connectivity index (χ1) is 8.71. The fourth-order valence-corrected chi connectivity index (χ4v) is 2.83. The number of benzene rings is 1. The zero-order chi connectivity index (χ0) is 14.8. The Kier molecular flexibility index (Phi) is 4.75. The van der Waals surface area contributed by atoms with Gasteiger partial charge in [0.2, 0.25) is 0 Å². The summed E-state index contributed by atoms with van der Waals surface area (Å²) in [6.45, 7) is 9.47. The SMILES string of the molecule is COC(=O)C(C(C)C)C(C)(O)c1ccc(C)cc1C. The first-order valence-corrected chi connectivity index (χ1v) is 6.59. The van der Waals surface area contributed by atoms with Gasteiger partial charge in [0.25, 0.3) is 0 Å². The predicted molar refractivity (Wildman–Crippen MR) is 75.8 cm³/mol. The Balaban J connectivity index is 3.30. The van der Waals surface area contributed by atoms with Crippen molar-refractivity contribution in [1.82, 2.24) is 0 Å². The molecule has 0 amide bonds. The monoisotopic (exact) mass is 264 g/mol. The third kappa shape index (κ3) is 3.16. The largest absolute Gasteiger partial charge is 0.469 e. The van der Waals surface area contributed by atoms with Gasteiger partial charge in [0.15, 0.2) is 0 Å². The van der Waals surface area contributed by atoms with E-state index in [0.29, 0.717) is 0 Å². The molecule has 1 N–H and O–H groups in total. The summed E-state index contributed by atoms with van der Waals surface area (Å²) in [5, 5.41) is 10.9. The van der Waals surface area contributed by atoms with Crippen molar-refractivity contribution in [2.75, 3.05) is 7.11 Å². The van der Waals surface area contributed by atoms with Crippen molar-refractivity contribution in [1.29, 1.82) is 0 Å². The van der Waals surface area contributed by atoms with E-state index in [9.17, 15) is 9.90 Å². The van der Waals surface area contributed by atoms with Gasteiger partial charge in [0.05, 0.1) is 13.0 Å². The lowest BCUT2D eigenvalue weighted by Crippen LogP contribution is -2.41. The van der Waals surface area contributed by atoms with Crippen LogP contribution >= 0.6 is 0 Å². The maximum absolute atomic E-state index is 12.0. The van der Waals surface area contributed by atoms with Gasteiger partial charge in [-0.15, -0.1) is 0 Å². The summed E-state index contributed by atoms with van der Waals surface area (Å²) in [6, 6.07) is 5.85. The molecule has 0 aromatic heterocycles. The number of carbonyl (C=O) groups is 1. The average Bonchev–Trinajstić information content (AvgIpc) is 2.27. The minimum Gasteiger partial charge on any atom is -0.469 e. The topological polar surface area (TPSA) is 46.5 Å². The third-order valence-corrected chi connectivity index (χ3v) is 3.65. The third-order valence-electron chi connectivity index (χ3n) is 3.65. The summed E-state index contributed by atoms with van der Waals surface area (Å²) in [7, 11) is 1.36. The molecule has 0 saturated heterocycles. The first-order valence-electron chi connectivity index (χ1n) is 6.59. The van der Waals surface area contributed by atoms with Gasteiger partial charge in [-0.3, -0.25) is 4.79 Å². The number of aliphatic hydroxyl groups is 1. The van der Waals surface area contributed by atoms with Crippen LogP contribution < -0.4 is 0 Å². The van der Waals surface area contributed by atoms with Crippen LogP contribution in [0.25, 0.3) is 0 Å². The number of methoxy groups -OCH3 is 1. The van der Waals surface area contributed by atoms with E-state index in [1.165, 1.54) is 7.11 Å². The molecule has 0 saturated carbocycles. The zero-order valence-electron chi connectivity index (χ0n) is 12.7. The second-order valence-electron chi connectivity index (χ2n) is 5.71. The molecule has 3 heteroatoms. The quantitative estimate of drug-likeness (QED) is 0.850. The van der Waals surface area contributed by atoms with Crippen molar-refractivity contribution in [2.24, 2.45) is 11.8 Å². The van der Waals surface area contributed by atoms with Gasteiger partial charge in [-0.25, -0.2) is 0 Å². The molecule has 106 valence electrons. The highest BCUT2D eigenvalue weighted by atomic mass is 16.5. The second-order valence-corrected chi connectivity index (χ2v) is 5.71. The highest BCUT2D eigenvalue weighted by Gasteiger charge is 2.42. The summed E-state index contributed by atoms with van der Waals surface area (Å²) in [5.74, 6) is -0.970. The second kappa shape index (κ2) is 5.74. The Morgan fingerprint density at radius 3 is 2.32 bits per heavy atom. The summed E-state index contributed by atoms with van der Waals surface area (Å²) < 4.78 is 4.85. The van der Waals surface area contributed by atoms with Gasteiger partial charge in [-0.1, -0.05) is 37.6 Å². The molecule has 1 aromatic carbocycles. The van der Waals surface area contributed by atoms with Crippen LogP contribution in [0.5, 0.6) is 0 Å². The van der Waals surface area contributed by atoms with E-state index in [4.69, 9.17) is 4.74 Å². The average molecular weight is 264 g/mol. The Morgan fingerprint density at radius 1 is 1.32 bits per heavy atom. The Bertz CT molecular complexity index is 461. The van der Waals surface area contributed by atoms with E-state index >= 15 is 0 Å². The van der Waals surface area contributed by atoms with Gasteiger partial charge in [0.1, 0.15) is 5.60 Å². The Morgan fingerprint density at radius 2 is 1.89 bits per heavy atom. The standard InChI is InChI=1S/C16H24O3/c1-10(2)14(15(17)19-6)16(5,18)13-8-7-11(3)9-12(13)4/h7-10,14,18H,1-6H3. The van der Waals surface area contributed by atoms with E-state index in [-0.39, 0.29) is 11.9 Å². The van der Waals surface area contributed by atoms with Crippen LogP contribution in [0.3, 0.4) is 0 Å². The highest BCUT2D eigenvalue weighted by Crippen LogP contribution is 2.36. The van der Waals surface area contributed by atoms with E-state index in [0.717, 1.165) is 16.7 Å². The van der Waals surface area contributed by atoms with Crippen LogP contribution in [-0.2, 0) is 15.1 Å². The van der Waals surface area contributed by atoms with Crippen LogP contribution in [-0.4, -0.2) is 18.2 Å². The van der Waals surface area contributed by atoms with Crippen molar-refractivity contribution in [3.05, 3.63) is 34.9 Å². The molecule has 1 rings (SSSR count). The fraction of sp³-hybridized carbons (Fsp3) is 0.562. The van der Waals surface area contributed by atoms with E-state index in [1.54, 1.807) is 6.92 Å². The maximum Gasteiger partial charge on any atom is 0.312 e. The van der Waals surface area contributed by atoms with Crippen molar-refractivity contribution >= 4 is 5.97 Å². The summed E-state index contributed by atoms with van der Waals surface area (Å²) in [6.07, 6.45) is 0. The molecule has 0 aliphatic rings. The molecule has 0 aliphatic heterocycles. The zero-order valence-corrected chi connectivity index (χ0v) is 12.7. The van der Waals surface area contributed by atoms with E-state index in [2.05, 4.69) is 0 Å². The van der Waals surface area contributed by atoms with Gasteiger partial charge in [-0.05, 0) is 37.8 Å². The number of rotatable bonds is 4. The Hall–Kier alpha value is -1.35. The van der Waals surface area contributed by atoms with Gasteiger partial charge in [0, 0.05) is 0 Å². The van der Waals surface area contributed by atoms with Gasteiger partial charge in [-0.2, -0.15) is 0 Å². The van der Waals surface area contributed by atoms with Crippen LogP contribution in [0.2, 0.25) is 0 Å². The highest BCUT2D eigenvalue weighted by molar-refractivity contribution is 5.74. The summed E-state index contributed by atoms with van der Waals surface area (Å²) in [5.41, 5.74) is 1.66. The smallest absolute Gasteiger partial charge is 0.312 e. The van der Waals surface area contributed by atoms with Crippen molar-refractivity contribution in [3.63, 3.8) is 0 Å². The number of carbonyl (C=O) groups excluding carboxylic acids is 1. The van der Waals surface area contributed by atoms with Crippen molar-refractivity contribution < 1.29 is 14.6 Å². The van der Waals surface area contributed by atoms with Crippen LogP contribution in [0, 0.1) is 25.7 Å². The number of hydrogen-bond acceptors (Lipinski definition) is 3. The normalized spacial score (nSPS) is 16.0. The minimum absolute atomic E-state index is 0.0110. The summed E-state index contributed by atoms with van der Waals surface area (Å²) in [4.78, 5) is 12.0. The lowest BCUT2D eigenvalue weighted by atomic mass is 9.75. The molecule has 3 nitrogen and oxygen atoms in total. The van der Waals surface area contributed by atoms with Crippen molar-refractivity contribution in [2.45, 2.75) is 40.2 Å². The molecule has 19 heavy (non-hydrogen) atoms.